The van der Waals surface area contributed by atoms with E-state index < -0.39 is 10.0 Å². The van der Waals surface area contributed by atoms with Crippen LogP contribution < -0.4 is 9.62 Å². The third-order valence-corrected chi connectivity index (χ3v) is 6.36. The number of nitrogens with zero attached hydrogens (tertiary/aromatic N) is 1. The first-order valence-corrected chi connectivity index (χ1v) is 10.4. The number of benzene rings is 2. The quantitative estimate of drug-likeness (QED) is 0.866. The topological polar surface area (TPSA) is 66.5 Å². The van der Waals surface area contributed by atoms with Gasteiger partial charge in [-0.1, -0.05) is 30.7 Å². The molecule has 26 heavy (non-hydrogen) atoms. The van der Waals surface area contributed by atoms with Gasteiger partial charge in [0.15, 0.2) is 0 Å². The van der Waals surface area contributed by atoms with Crippen molar-refractivity contribution in [3.63, 3.8) is 0 Å². The molecule has 3 rings (SSSR count). The Kier molecular flexibility index (Phi) is 5.32. The number of nitrogens with one attached hydrogen (secondary N) is 1. The third kappa shape index (κ3) is 3.75. The molecule has 0 radical (unpaired) electrons. The highest BCUT2D eigenvalue weighted by atomic mass is 32.2. The summed E-state index contributed by atoms with van der Waals surface area (Å²) in [6.45, 7) is 4.32. The van der Waals surface area contributed by atoms with E-state index in [1.165, 1.54) is 4.31 Å². The number of sulfonamides is 1. The Morgan fingerprint density at radius 3 is 2.58 bits per heavy atom. The summed E-state index contributed by atoms with van der Waals surface area (Å²) in [6, 6.07) is 12.4. The number of hydrogen-bond acceptors (Lipinski definition) is 3. The maximum atomic E-state index is 13.1. The summed E-state index contributed by atoms with van der Waals surface area (Å²) < 4.78 is 27.7. The lowest BCUT2D eigenvalue weighted by Gasteiger charge is -2.31. The predicted octanol–water partition coefficient (Wildman–Crippen LogP) is 3.88. The average molecular weight is 372 g/mol. The highest BCUT2D eigenvalue weighted by Crippen LogP contribution is 2.34. The Morgan fingerprint density at radius 1 is 1.15 bits per heavy atom. The van der Waals surface area contributed by atoms with Crippen LogP contribution in [0.15, 0.2) is 47.4 Å². The van der Waals surface area contributed by atoms with Crippen LogP contribution in [0.5, 0.6) is 0 Å². The molecule has 1 N–H and O–H groups in total. The van der Waals surface area contributed by atoms with Gasteiger partial charge in [0.1, 0.15) is 0 Å². The maximum Gasteiger partial charge on any atom is 0.264 e. The molecule has 2 aromatic rings. The molecule has 0 saturated heterocycles. The summed E-state index contributed by atoms with van der Waals surface area (Å²) in [7, 11) is -3.63. The lowest BCUT2D eigenvalue weighted by Crippen LogP contribution is -2.35. The minimum Gasteiger partial charge on any atom is -0.326 e. The molecule has 1 aliphatic heterocycles. The molecule has 1 aliphatic rings. The molecule has 0 saturated carbocycles. The molecule has 0 atom stereocenters. The largest absolute Gasteiger partial charge is 0.326 e. The van der Waals surface area contributed by atoms with Gasteiger partial charge < -0.3 is 5.32 Å². The van der Waals surface area contributed by atoms with Gasteiger partial charge in [0.2, 0.25) is 5.91 Å². The normalized spacial score (nSPS) is 14.0. The zero-order valence-electron chi connectivity index (χ0n) is 15.2. The van der Waals surface area contributed by atoms with Crippen LogP contribution in [0.2, 0.25) is 0 Å². The fourth-order valence-corrected chi connectivity index (χ4v) is 4.69. The van der Waals surface area contributed by atoms with E-state index in [9.17, 15) is 13.2 Å². The number of anilines is 2. The van der Waals surface area contributed by atoms with Crippen LogP contribution in [0.3, 0.4) is 0 Å². The van der Waals surface area contributed by atoms with E-state index in [0.717, 1.165) is 30.4 Å². The minimum atomic E-state index is -3.63. The number of carbonyl (C=O) groups is 1. The summed E-state index contributed by atoms with van der Waals surface area (Å²) >= 11 is 0. The van der Waals surface area contributed by atoms with Crippen molar-refractivity contribution < 1.29 is 13.2 Å². The highest BCUT2D eigenvalue weighted by molar-refractivity contribution is 7.92. The Bertz CT molecular complexity index is 905. The van der Waals surface area contributed by atoms with E-state index in [2.05, 4.69) is 5.32 Å². The predicted molar refractivity (Wildman–Crippen MR) is 104 cm³/mol. The Balaban J connectivity index is 1.96. The second-order valence-corrected chi connectivity index (χ2v) is 8.50. The molecular weight excluding hydrogens is 348 g/mol. The molecule has 0 aromatic heterocycles. The third-order valence-electron chi connectivity index (χ3n) is 4.53. The Hall–Kier alpha value is -2.34. The van der Waals surface area contributed by atoms with Crippen LogP contribution >= 0.6 is 0 Å². The van der Waals surface area contributed by atoms with E-state index in [0.29, 0.717) is 24.3 Å². The lowest BCUT2D eigenvalue weighted by molar-refractivity contribution is -0.116. The fraction of sp³-hybridized carbons (Fsp3) is 0.350. The van der Waals surface area contributed by atoms with Gasteiger partial charge in [0, 0.05) is 18.7 Å². The van der Waals surface area contributed by atoms with Gasteiger partial charge >= 0.3 is 0 Å². The van der Waals surface area contributed by atoms with E-state index in [-0.39, 0.29) is 10.8 Å². The van der Waals surface area contributed by atoms with Crippen molar-refractivity contribution in [2.45, 2.75) is 44.4 Å². The Morgan fingerprint density at radius 2 is 1.88 bits per heavy atom. The number of amides is 1. The number of aryl methyl sites for hydroxylation is 2. The van der Waals surface area contributed by atoms with Crippen LogP contribution in [0, 0.1) is 6.92 Å². The van der Waals surface area contributed by atoms with Gasteiger partial charge in [-0.15, -0.1) is 0 Å². The molecule has 0 spiro atoms. The SMILES string of the molecule is CCCC(=O)Nc1ccc2c(c1)N(S(=O)(=O)c1ccc(C)cc1)CCC2. The van der Waals surface area contributed by atoms with Crippen molar-refractivity contribution in [2.24, 2.45) is 0 Å². The molecule has 1 heterocycles. The zero-order chi connectivity index (χ0) is 18.7. The van der Waals surface area contributed by atoms with Gasteiger partial charge in [0.05, 0.1) is 10.6 Å². The van der Waals surface area contributed by atoms with E-state index in [1.54, 1.807) is 30.3 Å². The second-order valence-electron chi connectivity index (χ2n) is 6.64. The van der Waals surface area contributed by atoms with Crippen molar-refractivity contribution in [3.05, 3.63) is 53.6 Å². The molecule has 2 aromatic carbocycles. The van der Waals surface area contributed by atoms with Gasteiger partial charge in [-0.3, -0.25) is 9.10 Å². The van der Waals surface area contributed by atoms with Crippen molar-refractivity contribution in [2.75, 3.05) is 16.2 Å². The van der Waals surface area contributed by atoms with Crippen LogP contribution in [-0.4, -0.2) is 20.9 Å². The standard InChI is InChI=1S/C20H24N2O3S/c1-3-5-20(23)21-17-10-9-16-6-4-13-22(19(16)14-17)26(24,25)18-11-7-15(2)8-12-18/h7-12,14H,3-6,13H2,1-2H3,(H,21,23). The molecule has 0 unspecified atom stereocenters. The molecule has 1 amide bonds. The van der Waals surface area contributed by atoms with Crippen LogP contribution in [0.1, 0.15) is 37.3 Å². The van der Waals surface area contributed by atoms with Crippen LogP contribution in [0.4, 0.5) is 11.4 Å². The summed E-state index contributed by atoms with van der Waals surface area (Å²) in [5.74, 6) is -0.0591. The number of carbonyl (C=O) groups excluding carboxylic acids is 1. The summed E-state index contributed by atoms with van der Waals surface area (Å²) in [5, 5.41) is 2.85. The molecule has 138 valence electrons. The van der Waals surface area contributed by atoms with Crippen molar-refractivity contribution in [1.82, 2.24) is 0 Å². The lowest BCUT2D eigenvalue weighted by atomic mass is 10.0. The molecule has 0 fully saturated rings. The number of rotatable bonds is 5. The van der Waals surface area contributed by atoms with E-state index in [1.807, 2.05) is 26.0 Å². The summed E-state index contributed by atoms with van der Waals surface area (Å²) in [6.07, 6.45) is 2.82. The number of hydrogen-bond donors (Lipinski definition) is 1. The van der Waals surface area contributed by atoms with E-state index >= 15 is 0 Å². The van der Waals surface area contributed by atoms with Gasteiger partial charge in [-0.05, 0) is 56.0 Å². The monoisotopic (exact) mass is 372 g/mol. The Labute approximate surface area is 155 Å². The highest BCUT2D eigenvalue weighted by Gasteiger charge is 2.29. The van der Waals surface area contributed by atoms with Gasteiger partial charge in [-0.2, -0.15) is 0 Å². The van der Waals surface area contributed by atoms with Crippen LogP contribution in [-0.2, 0) is 21.2 Å². The fourth-order valence-electron chi connectivity index (χ4n) is 3.16. The average Bonchev–Trinajstić information content (AvgIpc) is 2.61. The zero-order valence-corrected chi connectivity index (χ0v) is 16.0. The summed E-state index contributed by atoms with van der Waals surface area (Å²) in [4.78, 5) is 12.2. The molecule has 0 aliphatic carbocycles. The van der Waals surface area contributed by atoms with Crippen LogP contribution in [0.25, 0.3) is 0 Å². The minimum absolute atomic E-state index is 0.0591. The molecule has 0 bridgehead atoms. The molecule has 6 heteroatoms. The smallest absolute Gasteiger partial charge is 0.264 e. The van der Waals surface area contributed by atoms with Crippen molar-refractivity contribution in [3.8, 4) is 0 Å². The number of fused-ring (bicyclic) bond motifs is 1. The first-order valence-electron chi connectivity index (χ1n) is 8.94. The van der Waals surface area contributed by atoms with Gasteiger partial charge in [0.25, 0.3) is 10.0 Å². The molecular formula is C20H24N2O3S. The second kappa shape index (κ2) is 7.50. The maximum absolute atomic E-state index is 13.1. The summed E-state index contributed by atoms with van der Waals surface area (Å²) in [5.41, 5.74) is 3.30. The van der Waals surface area contributed by atoms with E-state index in [4.69, 9.17) is 0 Å². The first-order chi connectivity index (χ1) is 12.4. The van der Waals surface area contributed by atoms with Crippen molar-refractivity contribution in [1.29, 1.82) is 0 Å². The molecule has 5 nitrogen and oxygen atoms in total. The van der Waals surface area contributed by atoms with Crippen molar-refractivity contribution >= 4 is 27.3 Å². The van der Waals surface area contributed by atoms with Gasteiger partial charge in [-0.25, -0.2) is 8.42 Å². The first kappa shape index (κ1) is 18.5.